The lowest BCUT2D eigenvalue weighted by molar-refractivity contribution is 0.354. The van der Waals surface area contributed by atoms with E-state index >= 15 is 0 Å². The zero-order valence-electron chi connectivity index (χ0n) is 12.2. The van der Waals surface area contributed by atoms with E-state index in [1.807, 2.05) is 12.1 Å². The Morgan fingerprint density at radius 3 is 2.55 bits per heavy atom. The van der Waals surface area contributed by atoms with Gasteiger partial charge in [0.2, 0.25) is 0 Å². The van der Waals surface area contributed by atoms with Gasteiger partial charge in [-0.05, 0) is 40.0 Å². The summed E-state index contributed by atoms with van der Waals surface area (Å²) in [5, 5.41) is 0. The Balaban J connectivity index is 2.26. The van der Waals surface area contributed by atoms with E-state index < -0.39 is 11.2 Å². The van der Waals surface area contributed by atoms with Crippen LogP contribution in [0.2, 0.25) is 0 Å². The normalized spacial score (nSPS) is 10.5. The van der Waals surface area contributed by atoms with Crippen molar-refractivity contribution in [3.05, 3.63) is 49.1 Å². The van der Waals surface area contributed by atoms with Crippen LogP contribution < -0.4 is 26.5 Å². The fraction of sp³-hybridized carbons (Fsp3) is 0.286. The van der Waals surface area contributed by atoms with Gasteiger partial charge in [0.1, 0.15) is 10.3 Å². The highest BCUT2D eigenvalue weighted by atomic mass is 79.9. The third kappa shape index (κ3) is 3.16. The average Bonchev–Trinajstić information content (AvgIpc) is 2.52. The molecule has 0 aliphatic carbocycles. The second-order valence-corrected chi connectivity index (χ2v) is 5.34. The number of hydrogen-bond acceptors (Lipinski definition) is 5. The minimum absolute atomic E-state index is 0.106. The maximum Gasteiger partial charge on any atom is 0.329 e. The third-order valence-corrected chi connectivity index (χ3v) is 4.02. The molecule has 0 fully saturated rings. The van der Waals surface area contributed by atoms with Crippen LogP contribution in [0.15, 0.2) is 32.3 Å². The maximum atomic E-state index is 11.8. The summed E-state index contributed by atoms with van der Waals surface area (Å²) in [6, 6.07) is 5.51. The van der Waals surface area contributed by atoms with Gasteiger partial charge in [-0.1, -0.05) is 6.07 Å². The average molecular weight is 370 g/mol. The number of aromatic nitrogens is 2. The van der Waals surface area contributed by atoms with E-state index in [2.05, 4.69) is 20.9 Å². The Hall–Kier alpha value is -2.22. The first-order valence-corrected chi connectivity index (χ1v) is 7.26. The monoisotopic (exact) mass is 369 g/mol. The molecule has 0 amide bonds. The number of nitrogens with zero attached hydrogens (tertiary/aromatic N) is 1. The number of H-pyrrole nitrogens is 1. The molecule has 2 rings (SSSR count). The van der Waals surface area contributed by atoms with Crippen molar-refractivity contribution in [2.45, 2.75) is 13.0 Å². The number of aromatic amines is 1. The maximum absolute atomic E-state index is 11.8. The van der Waals surface area contributed by atoms with Crippen molar-refractivity contribution in [2.75, 3.05) is 20.0 Å². The molecule has 0 saturated carbocycles. The number of nitrogens with one attached hydrogen (secondary N) is 1. The second-order valence-electron chi connectivity index (χ2n) is 4.55. The first-order valence-electron chi connectivity index (χ1n) is 6.47. The number of benzene rings is 1. The van der Waals surface area contributed by atoms with E-state index in [1.165, 1.54) is 4.57 Å². The summed E-state index contributed by atoms with van der Waals surface area (Å²) in [5.41, 5.74) is 5.68. The minimum atomic E-state index is -0.537. The van der Waals surface area contributed by atoms with Crippen molar-refractivity contribution < 1.29 is 9.47 Å². The van der Waals surface area contributed by atoms with Gasteiger partial charge in [0.15, 0.2) is 11.5 Å². The van der Waals surface area contributed by atoms with Gasteiger partial charge in [-0.2, -0.15) is 0 Å². The molecule has 3 N–H and O–H groups in total. The van der Waals surface area contributed by atoms with Gasteiger partial charge in [0.05, 0.1) is 14.2 Å². The summed E-state index contributed by atoms with van der Waals surface area (Å²) in [4.78, 5) is 25.4. The van der Waals surface area contributed by atoms with E-state index in [0.717, 1.165) is 5.56 Å². The fourth-order valence-electron chi connectivity index (χ4n) is 2.06. The third-order valence-electron chi connectivity index (χ3n) is 3.25. The van der Waals surface area contributed by atoms with Crippen molar-refractivity contribution in [1.29, 1.82) is 0 Å². The number of methoxy groups -OCH3 is 2. The first kappa shape index (κ1) is 16.2. The number of nitrogens with two attached hydrogens (primary N) is 1. The van der Waals surface area contributed by atoms with Crippen LogP contribution >= 0.6 is 15.9 Å². The number of ether oxygens (including phenoxy) is 2. The molecule has 1 heterocycles. The van der Waals surface area contributed by atoms with E-state index in [0.29, 0.717) is 24.5 Å². The summed E-state index contributed by atoms with van der Waals surface area (Å²) in [7, 11) is 3.12. The van der Waals surface area contributed by atoms with Crippen LogP contribution in [0.3, 0.4) is 0 Å². The van der Waals surface area contributed by atoms with Crippen molar-refractivity contribution in [3.8, 4) is 11.5 Å². The lowest BCUT2D eigenvalue weighted by atomic mass is 10.1. The molecule has 0 spiro atoms. The Labute approximate surface area is 134 Å². The largest absolute Gasteiger partial charge is 0.493 e. The smallest absolute Gasteiger partial charge is 0.329 e. The molecule has 1 aromatic heterocycles. The summed E-state index contributed by atoms with van der Waals surface area (Å²) in [6.45, 7) is 0.329. The summed E-state index contributed by atoms with van der Waals surface area (Å²) >= 11 is 3.07. The highest BCUT2D eigenvalue weighted by Gasteiger charge is 2.10. The Bertz CT molecular complexity index is 798. The molecule has 0 radical (unpaired) electrons. The van der Waals surface area contributed by atoms with E-state index in [4.69, 9.17) is 15.2 Å². The topological polar surface area (TPSA) is 99.3 Å². The first-order chi connectivity index (χ1) is 10.5. The molecular formula is C14H16BrN3O4. The van der Waals surface area contributed by atoms with Crippen LogP contribution in [-0.2, 0) is 13.0 Å². The van der Waals surface area contributed by atoms with Crippen molar-refractivity contribution in [3.63, 3.8) is 0 Å². The molecule has 0 unspecified atom stereocenters. The molecule has 8 heteroatoms. The minimum Gasteiger partial charge on any atom is -0.493 e. The molecule has 118 valence electrons. The standard InChI is InChI=1S/C14H16BrN3O4/c1-21-9-4-3-8(7-10(9)22-2)5-6-18-12(16)11(15)13(19)17-14(18)20/h3-4,7H,5-6,16H2,1-2H3,(H,17,19,20). The summed E-state index contributed by atoms with van der Waals surface area (Å²) in [6.07, 6.45) is 0.545. The van der Waals surface area contributed by atoms with Crippen LogP contribution in [0.1, 0.15) is 5.56 Å². The SMILES string of the molecule is COc1ccc(CCn2c(N)c(Br)c(=O)[nH]c2=O)cc1OC. The number of halogens is 1. The van der Waals surface area contributed by atoms with Gasteiger partial charge < -0.3 is 15.2 Å². The molecule has 22 heavy (non-hydrogen) atoms. The van der Waals surface area contributed by atoms with Gasteiger partial charge in [-0.15, -0.1) is 0 Å². The molecule has 7 nitrogen and oxygen atoms in total. The van der Waals surface area contributed by atoms with Crippen LogP contribution in [0.5, 0.6) is 11.5 Å². The van der Waals surface area contributed by atoms with Crippen molar-refractivity contribution >= 4 is 21.7 Å². The predicted octanol–water partition coefficient (Wildman–Crippen LogP) is 1.14. The lowest BCUT2D eigenvalue weighted by Gasteiger charge is -2.12. The van der Waals surface area contributed by atoms with Crippen molar-refractivity contribution in [2.24, 2.45) is 0 Å². The fourth-order valence-corrected chi connectivity index (χ4v) is 2.38. The number of aryl methyl sites for hydroxylation is 1. The number of nitrogen functional groups attached to an aromatic ring is 1. The number of anilines is 1. The van der Waals surface area contributed by atoms with E-state index in [1.54, 1.807) is 20.3 Å². The van der Waals surface area contributed by atoms with Crippen LogP contribution in [0, 0.1) is 0 Å². The predicted molar refractivity (Wildman–Crippen MR) is 86.7 cm³/mol. The van der Waals surface area contributed by atoms with Gasteiger partial charge >= 0.3 is 5.69 Å². The number of rotatable bonds is 5. The molecular weight excluding hydrogens is 354 g/mol. The second kappa shape index (κ2) is 6.69. The molecule has 0 aliphatic rings. The molecule has 0 bridgehead atoms. The molecule has 1 aromatic carbocycles. The van der Waals surface area contributed by atoms with E-state index in [9.17, 15) is 9.59 Å². The molecule has 2 aromatic rings. The van der Waals surface area contributed by atoms with E-state index in [-0.39, 0.29) is 10.3 Å². The zero-order chi connectivity index (χ0) is 16.3. The Morgan fingerprint density at radius 1 is 1.23 bits per heavy atom. The Kier molecular flexibility index (Phi) is 4.92. The van der Waals surface area contributed by atoms with Gasteiger partial charge in [0, 0.05) is 6.54 Å². The van der Waals surface area contributed by atoms with Gasteiger partial charge in [-0.3, -0.25) is 14.3 Å². The molecule has 0 saturated heterocycles. The van der Waals surface area contributed by atoms with Gasteiger partial charge in [-0.25, -0.2) is 4.79 Å². The Morgan fingerprint density at radius 2 is 1.91 bits per heavy atom. The van der Waals surface area contributed by atoms with Crippen LogP contribution in [0.4, 0.5) is 5.82 Å². The summed E-state index contributed by atoms with van der Waals surface area (Å²) < 4.78 is 11.9. The van der Waals surface area contributed by atoms with Crippen LogP contribution in [0.25, 0.3) is 0 Å². The lowest BCUT2D eigenvalue weighted by Crippen LogP contribution is -2.33. The quantitative estimate of drug-likeness (QED) is 0.823. The molecule has 0 atom stereocenters. The van der Waals surface area contributed by atoms with Crippen molar-refractivity contribution in [1.82, 2.24) is 9.55 Å². The van der Waals surface area contributed by atoms with Gasteiger partial charge in [0.25, 0.3) is 5.56 Å². The van der Waals surface area contributed by atoms with Crippen LogP contribution in [-0.4, -0.2) is 23.8 Å². The summed E-state index contributed by atoms with van der Waals surface area (Å²) in [5.74, 6) is 1.35. The highest BCUT2D eigenvalue weighted by molar-refractivity contribution is 9.10. The molecule has 0 aliphatic heterocycles. The number of hydrogen-bond donors (Lipinski definition) is 2. The highest BCUT2D eigenvalue weighted by Crippen LogP contribution is 2.27. The zero-order valence-corrected chi connectivity index (χ0v) is 13.8.